The highest BCUT2D eigenvalue weighted by Crippen LogP contribution is 2.25. The summed E-state index contributed by atoms with van der Waals surface area (Å²) < 4.78 is 27.8. The molecule has 1 fully saturated rings. The Morgan fingerprint density at radius 1 is 1.11 bits per heavy atom. The number of benzene rings is 2. The van der Waals surface area contributed by atoms with Crippen LogP contribution in [0, 0.1) is 12.8 Å². The monoisotopic (exact) mass is 511 g/mol. The van der Waals surface area contributed by atoms with Gasteiger partial charge < -0.3 is 20.5 Å². The summed E-state index contributed by atoms with van der Waals surface area (Å²) in [6.45, 7) is 3.26. The van der Waals surface area contributed by atoms with Gasteiger partial charge in [0, 0.05) is 43.1 Å². The van der Waals surface area contributed by atoms with Crippen LogP contribution in [0.5, 0.6) is 0 Å². The van der Waals surface area contributed by atoms with Gasteiger partial charge in [-0.3, -0.25) is 9.59 Å². The lowest BCUT2D eigenvalue weighted by Crippen LogP contribution is -2.57. The largest absolute Gasteiger partial charge is 0.354 e. The lowest BCUT2D eigenvalue weighted by atomic mass is 9.92. The number of aromatic nitrogens is 1. The highest BCUT2D eigenvalue weighted by molar-refractivity contribution is 7.89. The van der Waals surface area contributed by atoms with Crippen molar-refractivity contribution in [3.63, 3.8) is 0 Å². The molecule has 4 rings (SSSR count). The maximum absolute atomic E-state index is 13.2. The molecule has 1 saturated heterocycles. The molecule has 3 N–H and O–H groups in total. The molecule has 9 nitrogen and oxygen atoms in total. The molecule has 0 unspecified atom stereocenters. The molecular formula is C26H33N5O4S. The Bertz CT molecular complexity index is 1340. The first-order valence-electron chi connectivity index (χ1n) is 12.0. The molecule has 2 atom stereocenters. The summed E-state index contributed by atoms with van der Waals surface area (Å²) in [7, 11) is 0.0554. The molecule has 192 valence electrons. The molecule has 1 aliphatic heterocycles. The zero-order valence-electron chi connectivity index (χ0n) is 20.8. The fourth-order valence-electron chi connectivity index (χ4n) is 4.47. The summed E-state index contributed by atoms with van der Waals surface area (Å²) in [5.74, 6) is -1.32. The summed E-state index contributed by atoms with van der Waals surface area (Å²) in [4.78, 5) is 31.6. The third kappa shape index (κ3) is 5.77. The molecule has 0 aliphatic carbocycles. The predicted molar refractivity (Wildman–Crippen MR) is 139 cm³/mol. The van der Waals surface area contributed by atoms with Gasteiger partial charge in [0.1, 0.15) is 5.69 Å². The van der Waals surface area contributed by atoms with E-state index in [1.807, 2.05) is 44.1 Å². The Hall–Kier alpha value is -3.21. The van der Waals surface area contributed by atoms with Crippen molar-refractivity contribution >= 4 is 32.7 Å². The number of likely N-dealkylation sites (N-methyl/N-ethyl adjacent to an activating group) is 1. The number of nitrogens with zero attached hydrogens (tertiary/aromatic N) is 2. The third-order valence-electron chi connectivity index (χ3n) is 6.49. The standard InChI is InChI=1S/C26H33N5O4S/c1-18-9-10-22-19(15-18)16-24(28-22)26(33)29-23-11-13-31(36(34,35)20-7-5-4-6-8-20)17-21(23)25(32)27-12-14-30(2)3/h4-10,15-16,21,23,28H,11-14,17H2,1-3H3,(H,27,32)(H,29,33)/t21-,23+/m0/s1. The van der Waals surface area contributed by atoms with Crippen LogP contribution in [0.1, 0.15) is 22.5 Å². The first-order valence-corrected chi connectivity index (χ1v) is 13.5. The number of aromatic amines is 1. The number of fused-ring (bicyclic) bond motifs is 1. The number of piperidine rings is 1. The van der Waals surface area contributed by atoms with Crippen LogP contribution in [-0.2, 0) is 14.8 Å². The second-order valence-electron chi connectivity index (χ2n) is 9.52. The number of sulfonamides is 1. The number of aryl methyl sites for hydroxylation is 1. The smallest absolute Gasteiger partial charge is 0.267 e. The summed E-state index contributed by atoms with van der Waals surface area (Å²) in [5, 5.41) is 6.83. The fourth-order valence-corrected chi connectivity index (χ4v) is 5.98. The summed E-state index contributed by atoms with van der Waals surface area (Å²) in [5.41, 5.74) is 2.35. The fraction of sp³-hybridized carbons (Fsp3) is 0.385. The SMILES string of the molecule is Cc1ccc2[nH]c(C(=O)N[C@@H]3CCN(S(=O)(=O)c4ccccc4)C[C@@H]3C(=O)NCCN(C)C)cc2c1. The number of H-pyrrole nitrogens is 1. The van der Waals surface area contributed by atoms with Crippen LogP contribution in [0.4, 0.5) is 0 Å². The van der Waals surface area contributed by atoms with E-state index in [0.717, 1.165) is 16.5 Å². The van der Waals surface area contributed by atoms with Gasteiger partial charge in [0.15, 0.2) is 0 Å². The Morgan fingerprint density at radius 2 is 1.86 bits per heavy atom. The number of hydrogen-bond donors (Lipinski definition) is 3. The molecule has 0 spiro atoms. The van der Waals surface area contributed by atoms with Crippen LogP contribution >= 0.6 is 0 Å². The highest BCUT2D eigenvalue weighted by atomic mass is 32.2. The van der Waals surface area contributed by atoms with Gasteiger partial charge in [0.25, 0.3) is 5.91 Å². The van der Waals surface area contributed by atoms with E-state index in [2.05, 4.69) is 15.6 Å². The number of amides is 2. The van der Waals surface area contributed by atoms with Crippen LogP contribution in [0.2, 0.25) is 0 Å². The molecular weight excluding hydrogens is 478 g/mol. The molecule has 0 saturated carbocycles. The van der Waals surface area contributed by atoms with Crippen molar-refractivity contribution in [2.45, 2.75) is 24.3 Å². The van der Waals surface area contributed by atoms with Crippen molar-refractivity contribution in [2.75, 3.05) is 40.3 Å². The number of nitrogens with one attached hydrogen (secondary N) is 3. The van der Waals surface area contributed by atoms with Crippen LogP contribution in [0.25, 0.3) is 10.9 Å². The van der Waals surface area contributed by atoms with Gasteiger partial charge >= 0.3 is 0 Å². The van der Waals surface area contributed by atoms with E-state index in [0.29, 0.717) is 25.2 Å². The minimum absolute atomic E-state index is 0.0120. The van der Waals surface area contributed by atoms with Crippen LogP contribution in [0.15, 0.2) is 59.5 Å². The summed E-state index contributed by atoms with van der Waals surface area (Å²) >= 11 is 0. The number of rotatable bonds is 8. The van der Waals surface area contributed by atoms with E-state index in [1.54, 1.807) is 36.4 Å². The average molecular weight is 512 g/mol. The Balaban J connectivity index is 1.53. The molecule has 36 heavy (non-hydrogen) atoms. The second-order valence-corrected chi connectivity index (χ2v) is 11.5. The first-order chi connectivity index (χ1) is 17.1. The molecule has 3 aromatic rings. The number of carbonyl (C=O) groups excluding carboxylic acids is 2. The van der Waals surface area contributed by atoms with E-state index in [1.165, 1.54) is 4.31 Å². The van der Waals surface area contributed by atoms with Crippen molar-refractivity contribution in [2.24, 2.45) is 5.92 Å². The second kappa shape index (κ2) is 10.8. The molecule has 10 heteroatoms. The van der Waals surface area contributed by atoms with Gasteiger partial charge in [0.05, 0.1) is 10.8 Å². The predicted octanol–water partition coefficient (Wildman–Crippen LogP) is 1.96. The van der Waals surface area contributed by atoms with E-state index in [4.69, 9.17) is 0 Å². The Kier molecular flexibility index (Phi) is 7.77. The zero-order chi connectivity index (χ0) is 25.9. The van der Waals surface area contributed by atoms with Crippen LogP contribution in [0.3, 0.4) is 0 Å². The maximum Gasteiger partial charge on any atom is 0.267 e. The van der Waals surface area contributed by atoms with E-state index in [-0.39, 0.29) is 29.8 Å². The van der Waals surface area contributed by atoms with Crippen molar-refractivity contribution < 1.29 is 18.0 Å². The van der Waals surface area contributed by atoms with E-state index >= 15 is 0 Å². The molecule has 2 amide bonds. The Morgan fingerprint density at radius 3 is 2.58 bits per heavy atom. The molecule has 2 aromatic carbocycles. The average Bonchev–Trinajstić information content (AvgIpc) is 3.28. The Labute approximate surface area is 211 Å². The molecule has 0 radical (unpaired) electrons. The van der Waals surface area contributed by atoms with Gasteiger partial charge in [-0.2, -0.15) is 4.31 Å². The summed E-state index contributed by atoms with van der Waals surface area (Å²) in [6, 6.07) is 15.4. The van der Waals surface area contributed by atoms with Gasteiger partial charge in [-0.1, -0.05) is 29.8 Å². The minimum atomic E-state index is -3.76. The maximum atomic E-state index is 13.2. The molecule has 0 bridgehead atoms. The van der Waals surface area contributed by atoms with E-state index < -0.39 is 22.0 Å². The quantitative estimate of drug-likeness (QED) is 0.428. The van der Waals surface area contributed by atoms with Crippen molar-refractivity contribution in [3.8, 4) is 0 Å². The minimum Gasteiger partial charge on any atom is -0.354 e. The van der Waals surface area contributed by atoms with Gasteiger partial charge in [-0.15, -0.1) is 0 Å². The third-order valence-corrected chi connectivity index (χ3v) is 8.37. The topological polar surface area (TPSA) is 115 Å². The number of hydrogen-bond acceptors (Lipinski definition) is 5. The first kappa shape index (κ1) is 25.9. The highest BCUT2D eigenvalue weighted by Gasteiger charge is 2.40. The molecule has 1 aliphatic rings. The van der Waals surface area contributed by atoms with Gasteiger partial charge in [0.2, 0.25) is 15.9 Å². The van der Waals surface area contributed by atoms with Gasteiger partial charge in [-0.05, 0) is 57.8 Å². The molecule has 1 aromatic heterocycles. The van der Waals surface area contributed by atoms with Crippen molar-refractivity contribution in [3.05, 3.63) is 65.9 Å². The van der Waals surface area contributed by atoms with Crippen LogP contribution in [-0.4, -0.2) is 80.7 Å². The van der Waals surface area contributed by atoms with Crippen molar-refractivity contribution in [1.29, 1.82) is 0 Å². The van der Waals surface area contributed by atoms with Crippen LogP contribution < -0.4 is 10.6 Å². The van der Waals surface area contributed by atoms with Crippen molar-refractivity contribution in [1.82, 2.24) is 24.8 Å². The molecule has 2 heterocycles. The lowest BCUT2D eigenvalue weighted by molar-refractivity contribution is -0.126. The van der Waals surface area contributed by atoms with Gasteiger partial charge in [-0.25, -0.2) is 8.42 Å². The lowest BCUT2D eigenvalue weighted by Gasteiger charge is -2.37. The zero-order valence-corrected chi connectivity index (χ0v) is 21.6. The van der Waals surface area contributed by atoms with E-state index in [9.17, 15) is 18.0 Å². The summed E-state index contributed by atoms with van der Waals surface area (Å²) in [6.07, 6.45) is 0.322. The number of carbonyl (C=O) groups is 2. The normalized spacial score (nSPS) is 18.9.